The van der Waals surface area contributed by atoms with Crippen molar-refractivity contribution in [3.05, 3.63) is 81.5 Å². The summed E-state index contributed by atoms with van der Waals surface area (Å²) in [5.41, 5.74) is 4.04. The lowest BCUT2D eigenvalue weighted by molar-refractivity contribution is 0.0911. The van der Waals surface area contributed by atoms with E-state index in [0.717, 1.165) is 28.1 Å². The highest BCUT2D eigenvalue weighted by Crippen LogP contribution is 2.36. The number of fused-ring (bicyclic) bond motifs is 3. The summed E-state index contributed by atoms with van der Waals surface area (Å²) in [4.78, 5) is 31.9. The number of hydrogen-bond acceptors (Lipinski definition) is 4. The summed E-state index contributed by atoms with van der Waals surface area (Å²) in [6.45, 7) is 8.58. The SMILES string of the molecule is Cc1cc2c(=O)c3ccccc3[nH]c2cc1C(=O)NC(C)(C)c1ccc2c(c1)OCC(C)N2C. The second-order valence-corrected chi connectivity index (χ2v) is 9.74. The number of carbonyl (C=O) groups is 1. The molecule has 0 bridgehead atoms. The molecule has 174 valence electrons. The third-order valence-electron chi connectivity index (χ3n) is 6.92. The Kier molecular flexibility index (Phi) is 5.12. The molecule has 0 saturated heterocycles. The van der Waals surface area contributed by atoms with E-state index < -0.39 is 5.54 Å². The average molecular weight is 456 g/mol. The molecule has 1 aliphatic rings. The van der Waals surface area contributed by atoms with Crippen molar-refractivity contribution < 1.29 is 9.53 Å². The number of benzene rings is 3. The first kappa shape index (κ1) is 22.0. The van der Waals surface area contributed by atoms with Crippen LogP contribution in [0.1, 0.15) is 42.3 Å². The van der Waals surface area contributed by atoms with Crippen LogP contribution in [0, 0.1) is 6.92 Å². The molecule has 6 nitrogen and oxygen atoms in total. The van der Waals surface area contributed by atoms with E-state index in [1.54, 1.807) is 12.1 Å². The van der Waals surface area contributed by atoms with Crippen molar-refractivity contribution >= 4 is 33.4 Å². The number of aryl methyl sites for hydroxylation is 1. The van der Waals surface area contributed by atoms with Gasteiger partial charge >= 0.3 is 0 Å². The van der Waals surface area contributed by atoms with Crippen LogP contribution in [0.5, 0.6) is 5.75 Å². The van der Waals surface area contributed by atoms with Crippen LogP contribution in [0.2, 0.25) is 0 Å². The quantitative estimate of drug-likeness (QED) is 0.432. The van der Waals surface area contributed by atoms with E-state index in [-0.39, 0.29) is 11.3 Å². The zero-order chi connectivity index (χ0) is 24.2. The van der Waals surface area contributed by atoms with E-state index in [0.29, 0.717) is 34.5 Å². The van der Waals surface area contributed by atoms with Crippen LogP contribution in [0.15, 0.2) is 59.4 Å². The lowest BCUT2D eigenvalue weighted by atomic mass is 9.92. The van der Waals surface area contributed by atoms with Gasteiger partial charge in [0.25, 0.3) is 5.91 Å². The van der Waals surface area contributed by atoms with Gasteiger partial charge in [0.15, 0.2) is 5.43 Å². The second kappa shape index (κ2) is 7.90. The molecule has 6 heteroatoms. The lowest BCUT2D eigenvalue weighted by Gasteiger charge is -2.35. The van der Waals surface area contributed by atoms with Gasteiger partial charge in [-0.05, 0) is 75.2 Å². The highest BCUT2D eigenvalue weighted by atomic mass is 16.5. The van der Waals surface area contributed by atoms with Crippen molar-refractivity contribution in [2.45, 2.75) is 39.3 Å². The Morgan fingerprint density at radius 2 is 1.85 bits per heavy atom. The molecular weight excluding hydrogens is 426 g/mol. The minimum absolute atomic E-state index is 0.0342. The maximum atomic E-state index is 13.4. The molecular formula is C28H29N3O3. The summed E-state index contributed by atoms with van der Waals surface area (Å²) in [5.74, 6) is 0.634. The molecule has 1 amide bonds. The molecule has 4 aromatic rings. The minimum atomic E-state index is -0.630. The molecule has 0 radical (unpaired) electrons. The van der Waals surface area contributed by atoms with Gasteiger partial charge in [-0.1, -0.05) is 18.2 Å². The zero-order valence-electron chi connectivity index (χ0n) is 20.2. The molecule has 1 aromatic heterocycles. The summed E-state index contributed by atoms with van der Waals surface area (Å²) in [6.07, 6.45) is 0. The van der Waals surface area contributed by atoms with E-state index in [1.165, 1.54) is 0 Å². The molecule has 34 heavy (non-hydrogen) atoms. The lowest BCUT2D eigenvalue weighted by Crippen LogP contribution is -2.42. The van der Waals surface area contributed by atoms with E-state index in [9.17, 15) is 9.59 Å². The number of H-pyrrole nitrogens is 1. The van der Waals surface area contributed by atoms with Gasteiger partial charge in [0.05, 0.1) is 22.8 Å². The number of anilines is 1. The zero-order valence-corrected chi connectivity index (χ0v) is 20.2. The molecule has 1 unspecified atom stereocenters. The third-order valence-corrected chi connectivity index (χ3v) is 6.92. The van der Waals surface area contributed by atoms with Gasteiger partial charge in [-0.15, -0.1) is 0 Å². The first-order valence-corrected chi connectivity index (χ1v) is 11.5. The maximum Gasteiger partial charge on any atom is 0.252 e. The van der Waals surface area contributed by atoms with Gasteiger partial charge in [-0.2, -0.15) is 0 Å². The van der Waals surface area contributed by atoms with Crippen LogP contribution >= 0.6 is 0 Å². The largest absolute Gasteiger partial charge is 0.489 e. The highest BCUT2D eigenvalue weighted by molar-refractivity contribution is 6.01. The molecule has 2 N–H and O–H groups in total. The van der Waals surface area contributed by atoms with Crippen molar-refractivity contribution in [1.82, 2.24) is 10.3 Å². The number of hydrogen-bond donors (Lipinski definition) is 2. The molecule has 0 aliphatic carbocycles. The van der Waals surface area contributed by atoms with E-state index in [1.807, 2.05) is 63.2 Å². The van der Waals surface area contributed by atoms with Crippen molar-refractivity contribution in [3.8, 4) is 5.75 Å². The van der Waals surface area contributed by atoms with E-state index in [2.05, 4.69) is 29.2 Å². The number of rotatable bonds is 3. The average Bonchev–Trinajstić information content (AvgIpc) is 2.81. The predicted octanol–water partition coefficient (Wildman–Crippen LogP) is 4.87. The fourth-order valence-electron chi connectivity index (χ4n) is 4.62. The first-order chi connectivity index (χ1) is 16.2. The van der Waals surface area contributed by atoms with Crippen LogP contribution in [-0.4, -0.2) is 30.6 Å². The molecule has 0 spiro atoms. The van der Waals surface area contributed by atoms with Gasteiger partial charge in [0.2, 0.25) is 0 Å². The highest BCUT2D eigenvalue weighted by Gasteiger charge is 2.28. The molecule has 1 atom stereocenters. The Hall–Kier alpha value is -3.80. The summed E-state index contributed by atoms with van der Waals surface area (Å²) in [7, 11) is 2.06. The van der Waals surface area contributed by atoms with Crippen LogP contribution in [-0.2, 0) is 5.54 Å². The molecule has 5 rings (SSSR count). The maximum absolute atomic E-state index is 13.4. The van der Waals surface area contributed by atoms with Gasteiger partial charge in [0, 0.05) is 28.9 Å². The number of aromatic nitrogens is 1. The summed E-state index contributed by atoms with van der Waals surface area (Å²) < 4.78 is 5.96. The van der Waals surface area contributed by atoms with Crippen molar-refractivity contribution in [2.75, 3.05) is 18.6 Å². The fourth-order valence-corrected chi connectivity index (χ4v) is 4.62. The molecule has 3 aromatic carbocycles. The Bertz CT molecular complexity index is 1500. The van der Waals surface area contributed by atoms with Gasteiger partial charge in [0.1, 0.15) is 12.4 Å². The van der Waals surface area contributed by atoms with Crippen molar-refractivity contribution in [1.29, 1.82) is 0 Å². The Labute approximate surface area is 198 Å². The first-order valence-electron chi connectivity index (χ1n) is 11.5. The monoisotopic (exact) mass is 455 g/mol. The number of amides is 1. The number of nitrogens with one attached hydrogen (secondary N) is 2. The molecule has 2 heterocycles. The van der Waals surface area contributed by atoms with Crippen molar-refractivity contribution in [3.63, 3.8) is 0 Å². The number of likely N-dealkylation sites (N-methyl/N-ethyl adjacent to an activating group) is 1. The van der Waals surface area contributed by atoms with Crippen molar-refractivity contribution in [2.24, 2.45) is 0 Å². The molecule has 0 fully saturated rings. The molecule has 0 saturated carbocycles. The Morgan fingerprint density at radius 3 is 2.65 bits per heavy atom. The Balaban J connectivity index is 1.49. The number of nitrogens with zero attached hydrogens (tertiary/aromatic N) is 1. The normalized spacial score (nSPS) is 15.8. The summed E-state index contributed by atoms with van der Waals surface area (Å²) in [5, 5.41) is 4.39. The number of para-hydroxylation sites is 1. The van der Waals surface area contributed by atoms with Crippen LogP contribution in [0.25, 0.3) is 21.8 Å². The number of carbonyl (C=O) groups excluding carboxylic acids is 1. The predicted molar refractivity (Wildman–Crippen MR) is 137 cm³/mol. The second-order valence-electron chi connectivity index (χ2n) is 9.74. The number of pyridine rings is 1. The van der Waals surface area contributed by atoms with E-state index >= 15 is 0 Å². The summed E-state index contributed by atoms with van der Waals surface area (Å²) >= 11 is 0. The van der Waals surface area contributed by atoms with Crippen LogP contribution < -0.4 is 20.4 Å². The van der Waals surface area contributed by atoms with Gasteiger partial charge < -0.3 is 19.9 Å². The van der Waals surface area contributed by atoms with Crippen LogP contribution in [0.4, 0.5) is 5.69 Å². The Morgan fingerprint density at radius 1 is 1.09 bits per heavy atom. The third kappa shape index (κ3) is 3.59. The smallest absolute Gasteiger partial charge is 0.252 e. The minimum Gasteiger partial charge on any atom is -0.489 e. The standard InChI is InChI=1S/C28H29N3O3/c1-16-12-21-23(29-22-9-7-6-8-19(22)26(21)32)14-20(16)27(33)30-28(3,4)18-10-11-24-25(13-18)34-15-17(2)31(24)5/h6-14,17H,15H2,1-5H3,(H,29,32)(H,30,33). The fraction of sp³-hybridized carbons (Fsp3) is 0.286. The summed E-state index contributed by atoms with van der Waals surface area (Å²) in [6, 6.07) is 17.4. The van der Waals surface area contributed by atoms with Gasteiger partial charge in [-0.25, -0.2) is 0 Å². The number of ether oxygens (including phenoxy) is 1. The van der Waals surface area contributed by atoms with E-state index in [4.69, 9.17) is 4.74 Å². The topological polar surface area (TPSA) is 74.4 Å². The number of aromatic amines is 1. The molecule has 1 aliphatic heterocycles. The van der Waals surface area contributed by atoms with Gasteiger partial charge in [-0.3, -0.25) is 9.59 Å². The van der Waals surface area contributed by atoms with Crippen LogP contribution in [0.3, 0.4) is 0 Å².